The van der Waals surface area contributed by atoms with Crippen LogP contribution in [0.4, 0.5) is 4.39 Å². The third-order valence-corrected chi connectivity index (χ3v) is 6.70. The molecule has 4 rings (SSSR count). The number of carbonyl (C=O) groups is 1. The van der Waals surface area contributed by atoms with Crippen molar-refractivity contribution in [3.63, 3.8) is 0 Å². The Kier molecular flexibility index (Phi) is 7.97. The summed E-state index contributed by atoms with van der Waals surface area (Å²) in [6.07, 6.45) is 1.57. The molecule has 1 saturated heterocycles. The maximum atomic E-state index is 13.7. The number of fused-ring (bicyclic) bond motifs is 1. The molecule has 2 aromatic carbocycles. The van der Waals surface area contributed by atoms with E-state index in [1.165, 1.54) is 23.9 Å². The van der Waals surface area contributed by atoms with Crippen LogP contribution >= 0.6 is 11.8 Å². The molecule has 3 aromatic rings. The van der Waals surface area contributed by atoms with E-state index in [-0.39, 0.29) is 17.8 Å². The number of piperidine rings is 1. The van der Waals surface area contributed by atoms with Gasteiger partial charge in [0.05, 0.1) is 22.9 Å². The molecule has 4 N–H and O–H groups in total. The number of nitrogens with one attached hydrogen (secondary N) is 2. The minimum absolute atomic E-state index is 0.0470. The number of nitrogens with two attached hydrogens (primary N) is 1. The number of hydrogen-bond acceptors (Lipinski definition) is 6. The topological polar surface area (TPSA) is 96.3 Å². The van der Waals surface area contributed by atoms with Gasteiger partial charge in [-0.05, 0) is 55.8 Å². The monoisotopic (exact) mass is 471 g/mol. The maximum absolute atomic E-state index is 13.7. The summed E-state index contributed by atoms with van der Waals surface area (Å²) in [4.78, 5) is 23.2. The number of hydrogen-bond donors (Lipinski definition) is 3. The van der Waals surface area contributed by atoms with E-state index in [9.17, 15) is 9.18 Å². The molecule has 1 aliphatic heterocycles. The second kappa shape index (κ2) is 11.1. The first-order valence-corrected chi connectivity index (χ1v) is 12.2. The van der Waals surface area contributed by atoms with E-state index in [2.05, 4.69) is 22.2 Å². The lowest BCUT2D eigenvalue weighted by atomic mass is 10.1. The number of aromatic nitrogens is 2. The highest BCUT2D eigenvalue weighted by atomic mass is 32.2. The first-order chi connectivity index (χ1) is 16.0. The Morgan fingerprint density at radius 1 is 1.33 bits per heavy atom. The van der Waals surface area contributed by atoms with Crippen molar-refractivity contribution in [2.45, 2.75) is 29.9 Å². The minimum Gasteiger partial charge on any atom is -0.362 e. The molecule has 2 heterocycles. The zero-order valence-electron chi connectivity index (χ0n) is 18.7. The van der Waals surface area contributed by atoms with Crippen LogP contribution in [0.1, 0.15) is 30.3 Å². The van der Waals surface area contributed by atoms with Crippen LogP contribution in [0.5, 0.6) is 0 Å². The number of benzene rings is 2. The molecule has 1 aliphatic rings. The quantitative estimate of drug-likeness (QED) is 0.415. The van der Waals surface area contributed by atoms with E-state index < -0.39 is 6.10 Å². The molecule has 0 bridgehead atoms. The smallest absolute Gasteiger partial charge is 0.230 e. The van der Waals surface area contributed by atoms with E-state index in [4.69, 9.17) is 15.5 Å². The largest absolute Gasteiger partial charge is 0.362 e. The van der Waals surface area contributed by atoms with Crippen LogP contribution in [-0.2, 0) is 9.53 Å². The second-order valence-corrected chi connectivity index (χ2v) is 9.35. The fourth-order valence-corrected chi connectivity index (χ4v) is 4.71. The number of imidazole rings is 1. The van der Waals surface area contributed by atoms with Gasteiger partial charge in [-0.1, -0.05) is 12.1 Å². The van der Waals surface area contributed by atoms with E-state index in [1.807, 2.05) is 24.3 Å². The van der Waals surface area contributed by atoms with Crippen molar-refractivity contribution in [1.29, 1.82) is 0 Å². The van der Waals surface area contributed by atoms with Gasteiger partial charge in [0.2, 0.25) is 5.91 Å². The predicted octanol–water partition coefficient (Wildman–Crippen LogP) is 3.07. The van der Waals surface area contributed by atoms with Crippen LogP contribution in [0.3, 0.4) is 0 Å². The van der Waals surface area contributed by atoms with Crippen LogP contribution < -0.4 is 11.1 Å². The lowest BCUT2D eigenvalue weighted by Gasteiger charge is -2.31. The fraction of sp³-hybridized carbons (Fsp3) is 0.417. The SMILES string of the molecule is CN1CCC(OC(c2cccc(SCC(=O)NCCN)c2)c2nc3ccc(F)cc3[nH]2)CC1. The average molecular weight is 472 g/mol. The van der Waals surface area contributed by atoms with E-state index in [1.54, 1.807) is 6.07 Å². The summed E-state index contributed by atoms with van der Waals surface area (Å²) >= 11 is 1.46. The van der Waals surface area contributed by atoms with Crippen LogP contribution in [0, 0.1) is 5.82 Å². The van der Waals surface area contributed by atoms with Crippen LogP contribution in [0.15, 0.2) is 47.4 Å². The second-order valence-electron chi connectivity index (χ2n) is 8.30. The Morgan fingerprint density at radius 2 is 2.15 bits per heavy atom. The fourth-order valence-electron chi connectivity index (χ4n) is 3.92. The number of amides is 1. The summed E-state index contributed by atoms with van der Waals surface area (Å²) in [7, 11) is 2.12. The van der Waals surface area contributed by atoms with Gasteiger partial charge in [0.15, 0.2) is 0 Å². The third kappa shape index (κ3) is 6.32. The van der Waals surface area contributed by atoms with Crippen molar-refractivity contribution in [1.82, 2.24) is 20.2 Å². The molecule has 0 aliphatic carbocycles. The van der Waals surface area contributed by atoms with Crippen molar-refractivity contribution >= 4 is 28.7 Å². The molecular weight excluding hydrogens is 441 g/mol. The molecule has 1 fully saturated rings. The van der Waals surface area contributed by atoms with Gasteiger partial charge < -0.3 is 25.7 Å². The lowest BCUT2D eigenvalue weighted by Crippen LogP contribution is -2.35. The lowest BCUT2D eigenvalue weighted by molar-refractivity contribution is -0.118. The molecule has 1 aromatic heterocycles. The molecule has 1 amide bonds. The Morgan fingerprint density at radius 3 is 2.94 bits per heavy atom. The van der Waals surface area contributed by atoms with Crippen molar-refractivity contribution in [3.05, 3.63) is 59.7 Å². The van der Waals surface area contributed by atoms with Crippen LogP contribution in [0.2, 0.25) is 0 Å². The molecule has 1 atom stereocenters. The van der Waals surface area contributed by atoms with Gasteiger partial charge in [0, 0.05) is 31.1 Å². The van der Waals surface area contributed by atoms with Gasteiger partial charge in [-0.2, -0.15) is 0 Å². The van der Waals surface area contributed by atoms with E-state index in [0.717, 1.165) is 36.4 Å². The Bertz CT molecular complexity index is 1080. The zero-order valence-corrected chi connectivity index (χ0v) is 19.5. The van der Waals surface area contributed by atoms with Crippen molar-refractivity contribution in [3.8, 4) is 0 Å². The number of carbonyl (C=O) groups excluding carboxylic acids is 1. The van der Waals surface area contributed by atoms with Gasteiger partial charge in [-0.25, -0.2) is 9.37 Å². The van der Waals surface area contributed by atoms with Crippen LogP contribution in [0.25, 0.3) is 11.0 Å². The number of thioether (sulfide) groups is 1. The minimum atomic E-state index is -0.416. The molecular formula is C24H30FN5O2S. The molecule has 7 nitrogen and oxygen atoms in total. The first kappa shape index (κ1) is 23.7. The van der Waals surface area contributed by atoms with E-state index in [0.29, 0.717) is 35.7 Å². The maximum Gasteiger partial charge on any atom is 0.230 e. The normalized spacial score (nSPS) is 16.2. The molecule has 1 unspecified atom stereocenters. The molecule has 176 valence electrons. The number of aromatic amines is 1. The van der Waals surface area contributed by atoms with Gasteiger partial charge in [-0.15, -0.1) is 11.8 Å². The summed E-state index contributed by atoms with van der Waals surface area (Å²) in [6, 6.07) is 12.5. The predicted molar refractivity (Wildman–Crippen MR) is 129 cm³/mol. The average Bonchev–Trinajstić information content (AvgIpc) is 3.24. The molecule has 0 saturated carbocycles. The highest BCUT2D eigenvalue weighted by molar-refractivity contribution is 8.00. The Balaban J connectivity index is 1.57. The number of likely N-dealkylation sites (tertiary alicyclic amines) is 1. The Labute approximate surface area is 197 Å². The number of nitrogens with zero attached hydrogens (tertiary/aromatic N) is 2. The first-order valence-electron chi connectivity index (χ1n) is 11.2. The molecule has 0 radical (unpaired) electrons. The number of ether oxygens (including phenoxy) is 1. The third-order valence-electron chi connectivity index (χ3n) is 5.70. The summed E-state index contributed by atoms with van der Waals surface area (Å²) in [5, 5.41) is 2.78. The highest BCUT2D eigenvalue weighted by Crippen LogP contribution is 2.32. The highest BCUT2D eigenvalue weighted by Gasteiger charge is 2.26. The van der Waals surface area contributed by atoms with Crippen molar-refractivity contribution < 1.29 is 13.9 Å². The number of halogens is 1. The van der Waals surface area contributed by atoms with Gasteiger partial charge in [0.25, 0.3) is 0 Å². The number of rotatable bonds is 9. The summed E-state index contributed by atoms with van der Waals surface area (Å²) in [5.74, 6) is 0.608. The van der Waals surface area contributed by atoms with Gasteiger partial charge in [0.1, 0.15) is 17.7 Å². The number of H-pyrrole nitrogens is 1. The summed E-state index contributed by atoms with van der Waals surface area (Å²) < 4.78 is 20.3. The molecule has 0 spiro atoms. The summed E-state index contributed by atoms with van der Waals surface area (Å²) in [6.45, 7) is 2.86. The standard InChI is InChI=1S/C24H30FN5O2S/c1-30-11-7-18(8-12-30)32-23(24-28-20-6-5-17(25)14-21(20)29-24)16-3-2-4-19(13-16)33-15-22(31)27-10-9-26/h2-6,13-14,18,23H,7-12,15,26H2,1H3,(H,27,31)(H,28,29). The summed E-state index contributed by atoms with van der Waals surface area (Å²) in [5.41, 5.74) is 7.73. The van der Waals surface area contributed by atoms with Crippen LogP contribution in [-0.4, -0.2) is 65.9 Å². The van der Waals surface area contributed by atoms with Gasteiger partial charge >= 0.3 is 0 Å². The van der Waals surface area contributed by atoms with E-state index >= 15 is 0 Å². The molecule has 9 heteroatoms. The zero-order chi connectivity index (χ0) is 23.2. The van der Waals surface area contributed by atoms with Crippen molar-refractivity contribution in [2.75, 3.05) is 39.0 Å². The van der Waals surface area contributed by atoms with Gasteiger partial charge in [-0.3, -0.25) is 4.79 Å². The van der Waals surface area contributed by atoms with Crippen molar-refractivity contribution in [2.24, 2.45) is 5.73 Å². The molecule has 33 heavy (non-hydrogen) atoms. The Hall–Kier alpha value is -2.46.